The summed E-state index contributed by atoms with van der Waals surface area (Å²) in [6.45, 7) is 8.91. The van der Waals surface area contributed by atoms with Crippen molar-refractivity contribution >= 4 is 55.3 Å². The summed E-state index contributed by atoms with van der Waals surface area (Å²) in [5, 5.41) is 4.98. The lowest BCUT2D eigenvalue weighted by Crippen LogP contribution is -2.16. The van der Waals surface area contributed by atoms with Crippen LogP contribution in [0.5, 0.6) is 0 Å². The molecule has 0 aliphatic heterocycles. The van der Waals surface area contributed by atoms with Crippen molar-refractivity contribution in [3.63, 3.8) is 0 Å². The molecule has 1 aliphatic rings. The van der Waals surface area contributed by atoms with Gasteiger partial charge in [0.15, 0.2) is 0 Å². The number of aromatic nitrogens is 1. The highest BCUT2D eigenvalue weighted by molar-refractivity contribution is 6.12. The molecule has 45 heavy (non-hydrogen) atoms. The largest absolute Gasteiger partial charge is 0.310 e. The smallest absolute Gasteiger partial charge is 0.0561 e. The summed E-state index contributed by atoms with van der Waals surface area (Å²) in [5.74, 6) is 0. The molecule has 1 heterocycles. The van der Waals surface area contributed by atoms with E-state index >= 15 is 0 Å². The Morgan fingerprint density at radius 2 is 1.31 bits per heavy atom. The molecule has 6 aromatic carbocycles. The van der Waals surface area contributed by atoms with Crippen LogP contribution in [-0.2, 0) is 5.41 Å². The molecule has 0 unspecified atom stereocenters. The first-order chi connectivity index (χ1) is 22.0. The molecule has 0 spiro atoms. The second kappa shape index (κ2) is 10.4. The standard InChI is InChI=1S/C43H36N2/c1-5-14-31(6-2)45-39-21-12-10-17-34(39)35-26-25-33(28-41(35)45)44(32-24-23-29-15-7-8-16-30(29)27-32)40-22-13-20-38-42(40)36-18-9-11-19-37(36)43(38,3)4/h5-28H,1-4H3/b14-5-,31-6+. The first-order valence-corrected chi connectivity index (χ1v) is 15.9. The zero-order valence-corrected chi connectivity index (χ0v) is 26.3. The number of allylic oxidation sites excluding steroid dienone is 4. The highest BCUT2D eigenvalue weighted by Crippen LogP contribution is 2.54. The topological polar surface area (TPSA) is 8.17 Å². The van der Waals surface area contributed by atoms with Gasteiger partial charge in [-0.2, -0.15) is 0 Å². The molecule has 2 nitrogen and oxygen atoms in total. The molecule has 2 heteroatoms. The molecule has 0 bridgehead atoms. The Bertz CT molecular complexity index is 2330. The van der Waals surface area contributed by atoms with Crippen LogP contribution in [0, 0.1) is 0 Å². The number of hydrogen-bond donors (Lipinski definition) is 0. The van der Waals surface area contributed by atoms with E-state index in [1.54, 1.807) is 0 Å². The minimum absolute atomic E-state index is 0.0827. The summed E-state index contributed by atoms with van der Waals surface area (Å²) in [4.78, 5) is 2.47. The zero-order chi connectivity index (χ0) is 30.7. The Labute approximate surface area is 265 Å². The van der Waals surface area contributed by atoms with E-state index in [-0.39, 0.29) is 5.41 Å². The Kier molecular flexibility index (Phi) is 6.28. The summed E-state index contributed by atoms with van der Waals surface area (Å²) >= 11 is 0. The fourth-order valence-electron chi connectivity index (χ4n) is 7.51. The predicted molar refractivity (Wildman–Crippen MR) is 194 cm³/mol. The number of nitrogens with zero attached hydrogens (tertiary/aromatic N) is 2. The monoisotopic (exact) mass is 580 g/mol. The summed E-state index contributed by atoms with van der Waals surface area (Å²) in [6, 6.07) is 47.0. The van der Waals surface area contributed by atoms with Crippen LogP contribution in [0.2, 0.25) is 0 Å². The molecule has 0 radical (unpaired) electrons. The van der Waals surface area contributed by atoms with Gasteiger partial charge in [0.2, 0.25) is 0 Å². The maximum atomic E-state index is 2.47. The highest BCUT2D eigenvalue weighted by atomic mass is 15.1. The predicted octanol–water partition coefficient (Wildman–Crippen LogP) is 12.2. The van der Waals surface area contributed by atoms with E-state index in [1.165, 1.54) is 60.5 Å². The third kappa shape index (κ3) is 4.09. The van der Waals surface area contributed by atoms with Gasteiger partial charge in [0.1, 0.15) is 0 Å². The minimum Gasteiger partial charge on any atom is -0.310 e. The van der Waals surface area contributed by atoms with Crippen LogP contribution in [0.25, 0.3) is 49.4 Å². The van der Waals surface area contributed by atoms with Gasteiger partial charge in [0.05, 0.1) is 16.7 Å². The summed E-state index contributed by atoms with van der Waals surface area (Å²) < 4.78 is 2.40. The van der Waals surface area contributed by atoms with Crippen molar-refractivity contribution in [1.29, 1.82) is 0 Å². The van der Waals surface area contributed by atoms with Crippen LogP contribution in [0.1, 0.15) is 38.8 Å². The van der Waals surface area contributed by atoms with Crippen molar-refractivity contribution in [2.24, 2.45) is 0 Å². The highest BCUT2D eigenvalue weighted by Gasteiger charge is 2.37. The van der Waals surface area contributed by atoms with Crippen molar-refractivity contribution in [1.82, 2.24) is 4.57 Å². The number of benzene rings is 6. The zero-order valence-electron chi connectivity index (χ0n) is 26.3. The van der Waals surface area contributed by atoms with Gasteiger partial charge in [-0.3, -0.25) is 0 Å². The molecule has 8 rings (SSSR count). The molecule has 0 fully saturated rings. The average Bonchev–Trinajstić information content (AvgIpc) is 3.52. The Morgan fingerprint density at radius 1 is 0.622 bits per heavy atom. The Balaban J connectivity index is 1.45. The summed E-state index contributed by atoms with van der Waals surface area (Å²) in [5.41, 5.74) is 12.3. The number of anilines is 3. The van der Waals surface area contributed by atoms with E-state index < -0.39 is 0 Å². The third-order valence-electron chi connectivity index (χ3n) is 9.62. The quantitative estimate of drug-likeness (QED) is 0.184. The lowest BCUT2D eigenvalue weighted by Gasteiger charge is -2.29. The van der Waals surface area contributed by atoms with Crippen LogP contribution < -0.4 is 4.90 Å². The fraction of sp³-hybridized carbons (Fsp3) is 0.116. The van der Waals surface area contributed by atoms with Gasteiger partial charge < -0.3 is 9.47 Å². The molecule has 218 valence electrons. The Morgan fingerprint density at radius 3 is 2.16 bits per heavy atom. The van der Waals surface area contributed by atoms with Crippen LogP contribution in [-0.4, -0.2) is 4.57 Å². The lowest BCUT2D eigenvalue weighted by atomic mass is 9.82. The van der Waals surface area contributed by atoms with E-state index in [4.69, 9.17) is 0 Å². The first kappa shape index (κ1) is 27.2. The van der Waals surface area contributed by atoms with Crippen molar-refractivity contribution in [3.8, 4) is 11.1 Å². The lowest BCUT2D eigenvalue weighted by molar-refractivity contribution is 0.660. The second-order valence-electron chi connectivity index (χ2n) is 12.5. The molecule has 7 aromatic rings. The van der Waals surface area contributed by atoms with E-state index in [2.05, 4.69) is 183 Å². The number of hydrogen-bond acceptors (Lipinski definition) is 1. The van der Waals surface area contributed by atoms with Crippen molar-refractivity contribution in [2.75, 3.05) is 4.90 Å². The van der Waals surface area contributed by atoms with Gasteiger partial charge in [-0.15, -0.1) is 0 Å². The van der Waals surface area contributed by atoms with Gasteiger partial charge in [0, 0.05) is 38.8 Å². The van der Waals surface area contributed by atoms with Gasteiger partial charge in [-0.1, -0.05) is 117 Å². The van der Waals surface area contributed by atoms with E-state index in [1.807, 2.05) is 0 Å². The maximum Gasteiger partial charge on any atom is 0.0561 e. The fourth-order valence-corrected chi connectivity index (χ4v) is 7.51. The SMILES string of the molecule is C/C=C\C(=C/C)n1c2ccccc2c2ccc(N(c3ccc4ccccc4c3)c3cccc4c3-c3ccccc3C4(C)C)cc21. The van der Waals surface area contributed by atoms with E-state index in [0.29, 0.717) is 0 Å². The summed E-state index contributed by atoms with van der Waals surface area (Å²) in [6.07, 6.45) is 6.51. The van der Waals surface area contributed by atoms with Crippen molar-refractivity contribution < 1.29 is 0 Å². The molecular weight excluding hydrogens is 544 g/mol. The van der Waals surface area contributed by atoms with Crippen LogP contribution >= 0.6 is 0 Å². The van der Waals surface area contributed by atoms with Crippen molar-refractivity contribution in [3.05, 3.63) is 157 Å². The van der Waals surface area contributed by atoms with Crippen molar-refractivity contribution in [2.45, 2.75) is 33.1 Å². The molecule has 1 aromatic heterocycles. The second-order valence-corrected chi connectivity index (χ2v) is 12.5. The molecule has 0 saturated carbocycles. The van der Waals surface area contributed by atoms with Crippen LogP contribution in [0.3, 0.4) is 0 Å². The minimum atomic E-state index is -0.0827. The Hall–Kier alpha value is -5.34. The van der Waals surface area contributed by atoms with Gasteiger partial charge in [-0.25, -0.2) is 0 Å². The van der Waals surface area contributed by atoms with Gasteiger partial charge in [0.25, 0.3) is 0 Å². The maximum absolute atomic E-state index is 2.47. The molecule has 0 atom stereocenters. The molecule has 0 amide bonds. The number of fused-ring (bicyclic) bond motifs is 7. The van der Waals surface area contributed by atoms with Crippen LogP contribution in [0.15, 0.2) is 146 Å². The average molecular weight is 581 g/mol. The first-order valence-electron chi connectivity index (χ1n) is 15.9. The third-order valence-corrected chi connectivity index (χ3v) is 9.62. The molecule has 0 saturated heterocycles. The summed E-state index contributed by atoms with van der Waals surface area (Å²) in [7, 11) is 0. The van der Waals surface area contributed by atoms with E-state index in [0.717, 1.165) is 17.1 Å². The number of para-hydroxylation sites is 1. The number of rotatable bonds is 5. The molecular formula is C43H36N2. The van der Waals surface area contributed by atoms with Gasteiger partial charge >= 0.3 is 0 Å². The normalized spacial score (nSPS) is 14.0. The van der Waals surface area contributed by atoms with Crippen LogP contribution in [0.4, 0.5) is 17.1 Å². The van der Waals surface area contributed by atoms with E-state index in [9.17, 15) is 0 Å². The molecule has 1 aliphatic carbocycles. The molecule has 0 N–H and O–H groups in total. The van der Waals surface area contributed by atoms with Gasteiger partial charge in [-0.05, 0) is 83.8 Å².